The van der Waals surface area contributed by atoms with Gasteiger partial charge in [0.15, 0.2) is 0 Å². The maximum absolute atomic E-state index is 13.5. The van der Waals surface area contributed by atoms with Gasteiger partial charge in [-0.05, 0) is 56.3 Å². The van der Waals surface area contributed by atoms with Crippen molar-refractivity contribution in [3.05, 3.63) is 83.4 Å². The zero-order valence-electron chi connectivity index (χ0n) is 19.7. The van der Waals surface area contributed by atoms with Crippen LogP contribution in [0.25, 0.3) is 0 Å². The zero-order valence-corrected chi connectivity index (χ0v) is 21.3. The van der Waals surface area contributed by atoms with Gasteiger partial charge in [-0.2, -0.15) is 0 Å². The van der Waals surface area contributed by atoms with Crippen molar-refractivity contribution in [2.24, 2.45) is 0 Å². The van der Waals surface area contributed by atoms with E-state index >= 15 is 0 Å². The summed E-state index contributed by atoms with van der Waals surface area (Å²) in [5.74, 6) is 0.816. The number of fused-ring (bicyclic) bond motifs is 1. The molecule has 35 heavy (non-hydrogen) atoms. The molecule has 1 atom stereocenters. The van der Waals surface area contributed by atoms with Crippen LogP contribution in [0.15, 0.2) is 77.7 Å². The predicted molar refractivity (Wildman–Crippen MR) is 136 cm³/mol. The molecule has 1 aliphatic rings. The summed E-state index contributed by atoms with van der Waals surface area (Å²) < 4.78 is 39.5. The smallest absolute Gasteiger partial charge is 0.264 e. The molecule has 0 fully saturated rings. The number of rotatable bonds is 7. The average Bonchev–Trinajstić information content (AvgIpc) is 2.81. The quantitative estimate of drug-likeness (QED) is 0.481. The third-order valence-electron chi connectivity index (χ3n) is 5.73. The maximum Gasteiger partial charge on any atom is 0.264 e. The van der Waals surface area contributed by atoms with Crippen LogP contribution in [0.4, 0.5) is 5.69 Å². The lowest BCUT2D eigenvalue weighted by molar-refractivity contribution is -0.120. The topological polar surface area (TPSA) is 84.9 Å². The number of hydrogen-bond donors (Lipinski definition) is 1. The molecule has 9 heteroatoms. The Kier molecular flexibility index (Phi) is 6.96. The van der Waals surface area contributed by atoms with Gasteiger partial charge in [0.2, 0.25) is 5.91 Å². The summed E-state index contributed by atoms with van der Waals surface area (Å²) >= 11 is 6.14. The minimum absolute atomic E-state index is 0.0809. The van der Waals surface area contributed by atoms with Gasteiger partial charge in [-0.1, -0.05) is 35.9 Å². The van der Waals surface area contributed by atoms with Crippen LogP contribution in [0.2, 0.25) is 5.02 Å². The monoisotopic (exact) mass is 514 g/mol. The summed E-state index contributed by atoms with van der Waals surface area (Å²) in [6.45, 7) is 3.46. The molecule has 0 bridgehead atoms. The van der Waals surface area contributed by atoms with E-state index in [2.05, 4.69) is 5.32 Å². The van der Waals surface area contributed by atoms with E-state index in [1.807, 2.05) is 19.9 Å². The summed E-state index contributed by atoms with van der Waals surface area (Å²) in [6.07, 6.45) is 0.515. The summed E-state index contributed by atoms with van der Waals surface area (Å²) in [7, 11) is -2.45. The van der Waals surface area contributed by atoms with Gasteiger partial charge >= 0.3 is 0 Å². The molecule has 0 spiro atoms. The van der Waals surface area contributed by atoms with Crippen LogP contribution in [0, 0.1) is 0 Å². The molecule has 3 aromatic carbocycles. The van der Waals surface area contributed by atoms with E-state index in [9.17, 15) is 13.2 Å². The van der Waals surface area contributed by atoms with Crippen molar-refractivity contribution in [2.75, 3.05) is 18.0 Å². The number of benzene rings is 3. The Morgan fingerprint density at radius 1 is 1.11 bits per heavy atom. The molecule has 0 saturated carbocycles. The average molecular weight is 515 g/mol. The number of sulfonamides is 1. The largest absolute Gasteiger partial charge is 0.497 e. The van der Waals surface area contributed by atoms with E-state index in [0.717, 1.165) is 9.87 Å². The van der Waals surface area contributed by atoms with Crippen molar-refractivity contribution in [2.45, 2.75) is 36.8 Å². The number of anilines is 1. The van der Waals surface area contributed by atoms with Gasteiger partial charge in [0.05, 0.1) is 23.7 Å². The Balaban J connectivity index is 1.64. The van der Waals surface area contributed by atoms with Crippen LogP contribution >= 0.6 is 11.6 Å². The Morgan fingerprint density at radius 2 is 1.86 bits per heavy atom. The second-order valence-corrected chi connectivity index (χ2v) is 11.2. The van der Waals surface area contributed by atoms with Crippen molar-refractivity contribution in [3.8, 4) is 11.5 Å². The Bertz CT molecular complexity index is 1330. The highest BCUT2D eigenvalue weighted by Crippen LogP contribution is 2.41. The standard InChI is InChI=1S/C26H27ClN2O5S/c1-26(2)16-23(22-13-12-20(33-3)15-24(22)34-26)28-25(30)17-29(19-9-7-8-18(27)14-19)35(31,32)21-10-5-4-6-11-21/h4-15,23H,16-17H2,1-3H3,(H,28,30). The molecule has 1 N–H and O–H groups in total. The maximum atomic E-state index is 13.5. The molecule has 1 heterocycles. The lowest BCUT2D eigenvalue weighted by atomic mass is 9.89. The van der Waals surface area contributed by atoms with Crippen molar-refractivity contribution in [1.82, 2.24) is 5.32 Å². The lowest BCUT2D eigenvalue weighted by Gasteiger charge is -2.38. The molecular formula is C26H27ClN2O5S. The van der Waals surface area contributed by atoms with Crippen LogP contribution < -0.4 is 19.1 Å². The molecule has 7 nitrogen and oxygen atoms in total. The van der Waals surface area contributed by atoms with Crippen LogP contribution in [-0.4, -0.2) is 33.6 Å². The molecule has 0 radical (unpaired) electrons. The predicted octanol–water partition coefficient (Wildman–Crippen LogP) is 4.96. The number of nitrogens with zero attached hydrogens (tertiary/aromatic N) is 1. The molecule has 0 aliphatic carbocycles. The third-order valence-corrected chi connectivity index (χ3v) is 7.75. The van der Waals surface area contributed by atoms with Gasteiger partial charge in [-0.3, -0.25) is 9.10 Å². The zero-order chi connectivity index (χ0) is 25.2. The van der Waals surface area contributed by atoms with Gasteiger partial charge in [0, 0.05) is 23.1 Å². The molecule has 0 saturated heterocycles. The van der Waals surface area contributed by atoms with E-state index in [4.69, 9.17) is 21.1 Å². The number of hydrogen-bond acceptors (Lipinski definition) is 5. The normalized spacial score (nSPS) is 16.5. The van der Waals surface area contributed by atoms with Crippen molar-refractivity contribution < 1.29 is 22.7 Å². The van der Waals surface area contributed by atoms with E-state index in [-0.39, 0.29) is 10.9 Å². The van der Waals surface area contributed by atoms with E-state index in [1.54, 1.807) is 55.6 Å². The first-order chi connectivity index (χ1) is 16.6. The number of nitrogens with one attached hydrogen (secondary N) is 1. The van der Waals surface area contributed by atoms with E-state index < -0.39 is 28.1 Å². The van der Waals surface area contributed by atoms with Gasteiger partial charge < -0.3 is 14.8 Å². The summed E-state index contributed by atoms with van der Waals surface area (Å²) in [5.41, 5.74) is 0.563. The number of amides is 1. The van der Waals surface area contributed by atoms with Crippen LogP contribution in [0.1, 0.15) is 31.9 Å². The van der Waals surface area contributed by atoms with E-state index in [0.29, 0.717) is 28.6 Å². The molecule has 1 amide bonds. The van der Waals surface area contributed by atoms with Gasteiger partial charge in [0.25, 0.3) is 10.0 Å². The first-order valence-electron chi connectivity index (χ1n) is 11.1. The molecular weight excluding hydrogens is 488 g/mol. The van der Waals surface area contributed by atoms with Gasteiger partial charge in [-0.15, -0.1) is 0 Å². The summed E-state index contributed by atoms with van der Waals surface area (Å²) in [5, 5.41) is 3.37. The first kappa shape index (κ1) is 24.9. The van der Waals surface area contributed by atoms with Gasteiger partial charge in [0.1, 0.15) is 23.6 Å². The molecule has 4 rings (SSSR count). The SMILES string of the molecule is COc1ccc2c(c1)OC(C)(C)CC2NC(=O)CN(c1cccc(Cl)c1)S(=O)(=O)c1ccccc1. The molecule has 1 unspecified atom stereocenters. The Morgan fingerprint density at radius 3 is 2.54 bits per heavy atom. The highest BCUT2D eigenvalue weighted by Gasteiger charge is 2.36. The number of halogens is 1. The van der Waals surface area contributed by atoms with Crippen LogP contribution in [0.5, 0.6) is 11.5 Å². The third kappa shape index (κ3) is 5.55. The van der Waals surface area contributed by atoms with Crippen LogP contribution in [-0.2, 0) is 14.8 Å². The fourth-order valence-corrected chi connectivity index (χ4v) is 5.74. The van der Waals surface area contributed by atoms with Crippen molar-refractivity contribution in [1.29, 1.82) is 0 Å². The molecule has 3 aromatic rings. The fraction of sp³-hybridized carbons (Fsp3) is 0.269. The summed E-state index contributed by atoms with van der Waals surface area (Å²) in [6, 6.07) is 19.5. The Labute approximate surface area is 210 Å². The second-order valence-electron chi connectivity index (χ2n) is 8.89. The highest BCUT2D eigenvalue weighted by atomic mass is 35.5. The number of ether oxygens (including phenoxy) is 2. The number of carbonyl (C=O) groups excluding carboxylic acids is 1. The molecule has 1 aliphatic heterocycles. The summed E-state index contributed by atoms with van der Waals surface area (Å²) in [4.78, 5) is 13.4. The number of carbonyl (C=O) groups is 1. The molecule has 0 aromatic heterocycles. The first-order valence-corrected chi connectivity index (χ1v) is 12.9. The minimum Gasteiger partial charge on any atom is -0.497 e. The molecule has 184 valence electrons. The highest BCUT2D eigenvalue weighted by molar-refractivity contribution is 7.92. The van der Waals surface area contributed by atoms with E-state index in [1.165, 1.54) is 18.2 Å². The Hall–Kier alpha value is -3.23. The van der Waals surface area contributed by atoms with Gasteiger partial charge in [-0.25, -0.2) is 8.42 Å². The lowest BCUT2D eigenvalue weighted by Crippen LogP contribution is -2.45. The van der Waals surface area contributed by atoms with Crippen molar-refractivity contribution in [3.63, 3.8) is 0 Å². The minimum atomic E-state index is -4.03. The van der Waals surface area contributed by atoms with Crippen molar-refractivity contribution >= 4 is 33.2 Å². The number of methoxy groups -OCH3 is 1. The fourth-order valence-electron chi connectivity index (χ4n) is 4.12. The second kappa shape index (κ2) is 9.79. The van der Waals surface area contributed by atoms with Crippen LogP contribution in [0.3, 0.4) is 0 Å².